The fourth-order valence-electron chi connectivity index (χ4n) is 2.66. The molecule has 1 heterocycles. The molecule has 2 saturated carbocycles. The predicted molar refractivity (Wildman–Crippen MR) is 101 cm³/mol. The molecule has 2 aliphatic rings. The second-order valence-corrected chi connectivity index (χ2v) is 7.55. The molecule has 7 nitrogen and oxygen atoms in total. The maximum Gasteiger partial charge on any atom is 0.322 e. The first-order valence-electron chi connectivity index (χ1n) is 8.78. The van der Waals surface area contributed by atoms with Gasteiger partial charge in [0.2, 0.25) is 5.89 Å². The minimum Gasteiger partial charge on any atom is -0.446 e. The number of urea groups is 1. The Kier molecular flexibility index (Phi) is 4.97. The highest BCUT2D eigenvalue weighted by atomic mass is 35.5. The smallest absolute Gasteiger partial charge is 0.322 e. The highest BCUT2D eigenvalue weighted by molar-refractivity contribution is 6.43. The highest BCUT2D eigenvalue weighted by Gasteiger charge is 2.34. The summed E-state index contributed by atoms with van der Waals surface area (Å²) in [5.41, 5.74) is 0.669. The summed E-state index contributed by atoms with van der Waals surface area (Å²) in [4.78, 5) is 30.6. The van der Waals surface area contributed by atoms with Crippen LogP contribution in [0.4, 0.5) is 10.5 Å². The third kappa shape index (κ3) is 4.36. The summed E-state index contributed by atoms with van der Waals surface area (Å²) in [5.74, 6) is 0.0656. The lowest BCUT2D eigenvalue weighted by Crippen LogP contribution is -2.36. The van der Waals surface area contributed by atoms with Crippen molar-refractivity contribution in [2.45, 2.75) is 44.3 Å². The van der Waals surface area contributed by atoms with Crippen molar-refractivity contribution in [3.05, 3.63) is 46.1 Å². The molecule has 3 amide bonds. The van der Waals surface area contributed by atoms with Gasteiger partial charge in [0.1, 0.15) is 6.26 Å². The number of benzene rings is 1. The summed E-state index contributed by atoms with van der Waals surface area (Å²) < 4.78 is 5.40. The summed E-state index contributed by atoms with van der Waals surface area (Å²) >= 11 is 12.1. The van der Waals surface area contributed by atoms with Crippen LogP contribution in [0.15, 0.2) is 28.9 Å². The average Bonchev–Trinajstić information content (AvgIpc) is 3.57. The molecule has 1 aromatic carbocycles. The summed E-state index contributed by atoms with van der Waals surface area (Å²) in [5, 5.41) is 6.29. The van der Waals surface area contributed by atoms with Crippen molar-refractivity contribution >= 4 is 40.8 Å². The minimum atomic E-state index is -0.316. The molecule has 0 radical (unpaired) electrons. The Bertz CT molecular complexity index is 877. The van der Waals surface area contributed by atoms with Crippen LogP contribution >= 0.6 is 23.2 Å². The van der Waals surface area contributed by atoms with E-state index in [0.717, 1.165) is 25.7 Å². The lowest BCUT2D eigenvalue weighted by molar-refractivity contribution is 0.0946. The van der Waals surface area contributed by atoms with Crippen molar-refractivity contribution in [2.75, 3.05) is 5.32 Å². The number of carbonyl (C=O) groups is 2. The molecule has 142 valence electrons. The number of amides is 3. The van der Waals surface area contributed by atoms with Crippen molar-refractivity contribution in [3.8, 4) is 0 Å². The quantitative estimate of drug-likeness (QED) is 0.753. The molecule has 2 aromatic rings. The maximum absolute atomic E-state index is 12.7. The first kappa shape index (κ1) is 18.1. The third-order valence-corrected chi connectivity index (χ3v) is 5.26. The third-order valence-electron chi connectivity index (χ3n) is 4.44. The van der Waals surface area contributed by atoms with Crippen LogP contribution in [0.3, 0.4) is 0 Å². The van der Waals surface area contributed by atoms with Crippen LogP contribution in [-0.2, 0) is 6.54 Å². The normalized spacial score (nSPS) is 16.1. The van der Waals surface area contributed by atoms with E-state index in [1.54, 1.807) is 23.1 Å². The number of nitrogens with one attached hydrogen (secondary N) is 2. The summed E-state index contributed by atoms with van der Waals surface area (Å²) in [6.45, 7) is 0.172. The number of hydrogen-bond acceptors (Lipinski definition) is 4. The van der Waals surface area contributed by atoms with Crippen molar-refractivity contribution in [2.24, 2.45) is 0 Å². The molecule has 2 fully saturated rings. The molecule has 0 bridgehead atoms. The van der Waals surface area contributed by atoms with Gasteiger partial charge in [0.05, 0.1) is 22.3 Å². The molecule has 27 heavy (non-hydrogen) atoms. The van der Waals surface area contributed by atoms with E-state index < -0.39 is 0 Å². The molecule has 0 saturated heterocycles. The average molecular weight is 409 g/mol. The molecular formula is C18H18Cl2N4O3. The van der Waals surface area contributed by atoms with Crippen LogP contribution in [0.2, 0.25) is 10.0 Å². The Balaban J connectivity index is 1.43. The van der Waals surface area contributed by atoms with Crippen molar-refractivity contribution in [1.29, 1.82) is 0 Å². The molecule has 1 aromatic heterocycles. The van der Waals surface area contributed by atoms with Crippen molar-refractivity contribution in [3.63, 3.8) is 0 Å². The zero-order valence-corrected chi connectivity index (χ0v) is 15.9. The Labute approximate surface area is 166 Å². The van der Waals surface area contributed by atoms with Crippen LogP contribution in [0.1, 0.15) is 42.1 Å². The summed E-state index contributed by atoms with van der Waals surface area (Å²) in [7, 11) is 0. The van der Waals surface area contributed by atoms with Gasteiger partial charge in [0.25, 0.3) is 5.91 Å². The summed E-state index contributed by atoms with van der Waals surface area (Å²) in [6, 6.07) is 5.09. The van der Waals surface area contributed by atoms with E-state index in [1.165, 1.54) is 6.26 Å². The van der Waals surface area contributed by atoms with Gasteiger partial charge in [-0.1, -0.05) is 29.3 Å². The number of anilines is 1. The largest absolute Gasteiger partial charge is 0.446 e. The van der Waals surface area contributed by atoms with Crippen LogP contribution in [0.25, 0.3) is 0 Å². The van der Waals surface area contributed by atoms with Crippen LogP contribution in [0.5, 0.6) is 0 Å². The lowest BCUT2D eigenvalue weighted by atomic mass is 10.3. The van der Waals surface area contributed by atoms with Crippen LogP contribution in [0, 0.1) is 0 Å². The molecule has 0 spiro atoms. The van der Waals surface area contributed by atoms with Gasteiger partial charge in [-0.05, 0) is 37.8 Å². The zero-order valence-electron chi connectivity index (χ0n) is 14.4. The van der Waals surface area contributed by atoms with E-state index >= 15 is 0 Å². The van der Waals surface area contributed by atoms with Gasteiger partial charge in [-0.2, -0.15) is 0 Å². The molecule has 2 aliphatic carbocycles. The molecule has 4 rings (SSSR count). The van der Waals surface area contributed by atoms with E-state index in [4.69, 9.17) is 27.6 Å². The molecular weight excluding hydrogens is 391 g/mol. The fraction of sp³-hybridized carbons (Fsp3) is 0.389. The van der Waals surface area contributed by atoms with Gasteiger partial charge in [-0.3, -0.25) is 4.79 Å². The van der Waals surface area contributed by atoms with E-state index in [9.17, 15) is 9.59 Å². The molecule has 0 aliphatic heterocycles. The Morgan fingerprint density at radius 3 is 2.70 bits per heavy atom. The first-order chi connectivity index (χ1) is 13.0. The van der Waals surface area contributed by atoms with Crippen LogP contribution in [-0.4, -0.2) is 33.9 Å². The van der Waals surface area contributed by atoms with Crippen LogP contribution < -0.4 is 10.6 Å². The fourth-order valence-corrected chi connectivity index (χ4v) is 3.01. The molecule has 9 heteroatoms. The number of nitrogens with zero attached hydrogens (tertiary/aromatic N) is 2. The van der Waals surface area contributed by atoms with E-state index in [2.05, 4.69) is 15.6 Å². The number of oxazole rings is 1. The minimum absolute atomic E-state index is 0.110. The van der Waals surface area contributed by atoms with Gasteiger partial charge in [-0.25, -0.2) is 9.78 Å². The Morgan fingerprint density at radius 2 is 2.00 bits per heavy atom. The number of halogens is 2. The number of hydrogen-bond donors (Lipinski definition) is 2. The molecule has 2 N–H and O–H groups in total. The van der Waals surface area contributed by atoms with Gasteiger partial charge < -0.3 is 20.0 Å². The lowest BCUT2D eigenvalue weighted by Gasteiger charge is -2.21. The van der Waals surface area contributed by atoms with E-state index in [0.29, 0.717) is 21.6 Å². The van der Waals surface area contributed by atoms with Gasteiger partial charge in [0, 0.05) is 12.1 Å². The van der Waals surface area contributed by atoms with Gasteiger partial charge in [-0.15, -0.1) is 0 Å². The highest BCUT2D eigenvalue weighted by Crippen LogP contribution is 2.32. The number of aromatic nitrogens is 1. The SMILES string of the molecule is O=C(NC1CC1)c1coc(CN(C(=O)Nc2cccc(Cl)c2Cl)C2CC2)n1. The Hall–Kier alpha value is -2.25. The first-order valence-corrected chi connectivity index (χ1v) is 9.54. The number of rotatable bonds is 6. The molecule has 0 atom stereocenters. The van der Waals surface area contributed by atoms with Gasteiger partial charge in [0.15, 0.2) is 5.69 Å². The second-order valence-electron chi connectivity index (χ2n) is 6.76. The van der Waals surface area contributed by atoms with Crippen molar-refractivity contribution < 1.29 is 14.0 Å². The second kappa shape index (κ2) is 7.40. The summed E-state index contributed by atoms with van der Waals surface area (Å²) in [6.07, 6.45) is 5.14. The maximum atomic E-state index is 12.7. The van der Waals surface area contributed by atoms with Crippen molar-refractivity contribution in [1.82, 2.24) is 15.2 Å². The topological polar surface area (TPSA) is 87.5 Å². The molecule has 0 unspecified atom stereocenters. The van der Waals surface area contributed by atoms with E-state index in [-0.39, 0.29) is 36.3 Å². The predicted octanol–water partition coefficient (Wildman–Crippen LogP) is 4.07. The van der Waals surface area contributed by atoms with E-state index in [1.807, 2.05) is 0 Å². The monoisotopic (exact) mass is 408 g/mol. The standard InChI is InChI=1S/C18H18Cl2N4O3/c19-12-2-1-3-13(16(12)20)23-18(26)24(11-6-7-11)8-15-22-14(9-27-15)17(25)21-10-4-5-10/h1-3,9-11H,4-8H2,(H,21,25)(H,23,26). The number of carbonyl (C=O) groups excluding carboxylic acids is 2. The van der Waals surface area contributed by atoms with Gasteiger partial charge >= 0.3 is 6.03 Å². The Morgan fingerprint density at radius 1 is 1.22 bits per heavy atom. The zero-order chi connectivity index (χ0) is 19.0.